The smallest absolute Gasteiger partial charge is 0.319 e. The average Bonchev–Trinajstić information content (AvgIpc) is 3.61. The standard InChI is InChI=1S/C28H33FN6OS/c1-37-22-7-3-2-6-20(22)24-23(29)25-21(14-30-24)26(34-15-18-8-9-19(16-34)31-18)33-27(32-25)36-17-28-10-4-12-35(28)13-5-11-28/h2-3,6-7,14,18-19,31H,4-5,8-13,15-17H2,1H3/t18-,19+. The average molecular weight is 521 g/mol. The molecule has 2 aromatic heterocycles. The molecule has 4 saturated heterocycles. The largest absolute Gasteiger partial charge is 0.461 e. The summed E-state index contributed by atoms with van der Waals surface area (Å²) in [4.78, 5) is 20.0. The van der Waals surface area contributed by atoms with Crippen LogP contribution in [0.4, 0.5) is 10.2 Å². The number of thioether (sulfide) groups is 1. The second-order valence-corrected chi connectivity index (χ2v) is 11.8. The van der Waals surface area contributed by atoms with E-state index >= 15 is 4.39 Å². The SMILES string of the molecule is CSc1ccccc1-c1ncc2c(N3C[C@H]4CC[C@@H](C3)N4)nc(OCC34CCCN3CCC4)nc2c1F. The highest BCUT2D eigenvalue weighted by Crippen LogP contribution is 2.40. The molecule has 4 fully saturated rings. The number of pyridine rings is 1. The quantitative estimate of drug-likeness (QED) is 0.477. The number of halogens is 1. The van der Waals surface area contributed by atoms with Crippen LogP contribution in [0.3, 0.4) is 0 Å². The number of nitrogens with one attached hydrogen (secondary N) is 1. The van der Waals surface area contributed by atoms with Crippen molar-refractivity contribution < 1.29 is 9.13 Å². The highest BCUT2D eigenvalue weighted by Gasteiger charge is 2.45. The van der Waals surface area contributed by atoms with Crippen LogP contribution in [0.2, 0.25) is 0 Å². The Balaban J connectivity index is 1.31. The molecule has 0 radical (unpaired) electrons. The lowest BCUT2D eigenvalue weighted by molar-refractivity contribution is 0.108. The Morgan fingerprint density at radius 3 is 2.62 bits per heavy atom. The van der Waals surface area contributed by atoms with Crippen molar-refractivity contribution >= 4 is 28.5 Å². The number of hydrogen-bond donors (Lipinski definition) is 1. The van der Waals surface area contributed by atoms with Gasteiger partial charge in [-0.1, -0.05) is 18.2 Å². The molecule has 0 unspecified atom stereocenters. The second-order valence-electron chi connectivity index (χ2n) is 11.0. The Labute approximate surface area is 221 Å². The highest BCUT2D eigenvalue weighted by atomic mass is 32.2. The molecule has 0 aliphatic carbocycles. The van der Waals surface area contributed by atoms with E-state index in [0.717, 1.165) is 68.1 Å². The molecule has 4 aliphatic heterocycles. The second kappa shape index (κ2) is 9.36. The van der Waals surface area contributed by atoms with Crippen LogP contribution >= 0.6 is 11.8 Å². The van der Waals surface area contributed by atoms with Crippen molar-refractivity contribution in [3.63, 3.8) is 0 Å². The number of fused-ring (bicyclic) bond motifs is 4. The van der Waals surface area contributed by atoms with E-state index in [9.17, 15) is 0 Å². The van der Waals surface area contributed by atoms with Crippen molar-refractivity contribution in [1.29, 1.82) is 0 Å². The van der Waals surface area contributed by atoms with E-state index < -0.39 is 5.82 Å². The molecule has 1 N–H and O–H groups in total. The first-order chi connectivity index (χ1) is 18.1. The van der Waals surface area contributed by atoms with E-state index in [0.29, 0.717) is 35.3 Å². The molecular formula is C28H33FN6OS. The third-order valence-electron chi connectivity index (χ3n) is 8.80. The lowest BCUT2D eigenvalue weighted by atomic mass is 9.95. The number of hydrogen-bond acceptors (Lipinski definition) is 8. The minimum atomic E-state index is -0.410. The van der Waals surface area contributed by atoms with E-state index in [-0.39, 0.29) is 11.5 Å². The fraction of sp³-hybridized carbons (Fsp3) is 0.536. The number of rotatable bonds is 6. The molecule has 2 bridgehead atoms. The fourth-order valence-corrected chi connectivity index (χ4v) is 7.58. The van der Waals surface area contributed by atoms with Crippen molar-refractivity contribution in [3.05, 3.63) is 36.3 Å². The summed E-state index contributed by atoms with van der Waals surface area (Å²) in [5, 5.41) is 4.33. The molecule has 7 rings (SSSR count). The summed E-state index contributed by atoms with van der Waals surface area (Å²) >= 11 is 1.59. The normalized spacial score (nSPS) is 24.6. The third-order valence-corrected chi connectivity index (χ3v) is 9.60. The summed E-state index contributed by atoms with van der Waals surface area (Å²) in [5.41, 5.74) is 1.47. The molecule has 1 aromatic carbocycles. The summed E-state index contributed by atoms with van der Waals surface area (Å²) in [5.74, 6) is 0.328. The molecule has 6 heterocycles. The van der Waals surface area contributed by atoms with E-state index in [1.54, 1.807) is 18.0 Å². The van der Waals surface area contributed by atoms with Crippen LogP contribution in [-0.4, -0.2) is 76.5 Å². The molecule has 7 nitrogen and oxygen atoms in total. The van der Waals surface area contributed by atoms with Crippen LogP contribution in [0, 0.1) is 5.82 Å². The van der Waals surface area contributed by atoms with E-state index in [2.05, 4.69) is 25.1 Å². The molecule has 2 atom stereocenters. The number of benzene rings is 1. The van der Waals surface area contributed by atoms with Gasteiger partial charge in [0.25, 0.3) is 0 Å². The lowest BCUT2D eigenvalue weighted by Gasteiger charge is -2.34. The van der Waals surface area contributed by atoms with Gasteiger partial charge in [-0.2, -0.15) is 9.97 Å². The van der Waals surface area contributed by atoms with Gasteiger partial charge in [-0.25, -0.2) is 4.39 Å². The number of ether oxygens (including phenoxy) is 1. The van der Waals surface area contributed by atoms with Crippen LogP contribution in [-0.2, 0) is 0 Å². The van der Waals surface area contributed by atoms with Crippen molar-refractivity contribution in [3.8, 4) is 17.3 Å². The van der Waals surface area contributed by atoms with Crippen LogP contribution in [0.5, 0.6) is 6.01 Å². The molecule has 37 heavy (non-hydrogen) atoms. The van der Waals surface area contributed by atoms with Gasteiger partial charge in [0.05, 0.1) is 10.9 Å². The zero-order valence-corrected chi connectivity index (χ0v) is 22.1. The predicted octanol–water partition coefficient (Wildman–Crippen LogP) is 4.50. The Bertz CT molecular complexity index is 1320. The van der Waals surface area contributed by atoms with Gasteiger partial charge in [-0.05, 0) is 63.9 Å². The minimum Gasteiger partial charge on any atom is -0.461 e. The van der Waals surface area contributed by atoms with Crippen molar-refractivity contribution in [2.75, 3.05) is 43.9 Å². The van der Waals surface area contributed by atoms with Gasteiger partial charge in [0.15, 0.2) is 5.82 Å². The first kappa shape index (κ1) is 23.6. The Kier molecular flexibility index (Phi) is 5.97. The lowest BCUT2D eigenvalue weighted by Crippen LogP contribution is -2.51. The summed E-state index contributed by atoms with van der Waals surface area (Å²) in [6.07, 6.45) is 10.8. The molecule has 0 amide bonds. The zero-order chi connectivity index (χ0) is 25.0. The molecule has 4 aliphatic rings. The maximum absolute atomic E-state index is 16.3. The summed E-state index contributed by atoms with van der Waals surface area (Å²) in [6.45, 7) is 4.51. The third kappa shape index (κ3) is 4.06. The zero-order valence-electron chi connectivity index (χ0n) is 21.3. The number of aromatic nitrogens is 3. The summed E-state index contributed by atoms with van der Waals surface area (Å²) in [6, 6.07) is 8.95. The van der Waals surface area contributed by atoms with E-state index in [1.807, 2.05) is 30.5 Å². The Morgan fingerprint density at radius 2 is 1.86 bits per heavy atom. The molecule has 0 spiro atoms. The van der Waals surface area contributed by atoms with Crippen LogP contribution in [0.25, 0.3) is 22.2 Å². The van der Waals surface area contributed by atoms with Crippen molar-refractivity contribution in [1.82, 2.24) is 25.2 Å². The summed E-state index contributed by atoms with van der Waals surface area (Å²) in [7, 11) is 0. The maximum atomic E-state index is 16.3. The Morgan fingerprint density at radius 1 is 1.11 bits per heavy atom. The molecule has 0 saturated carbocycles. The Hall–Kier alpha value is -2.49. The van der Waals surface area contributed by atoms with Crippen LogP contribution in [0.1, 0.15) is 38.5 Å². The van der Waals surface area contributed by atoms with Crippen molar-refractivity contribution in [2.24, 2.45) is 0 Å². The fourth-order valence-electron chi connectivity index (χ4n) is 6.99. The van der Waals surface area contributed by atoms with Gasteiger partial charge in [0, 0.05) is 41.8 Å². The van der Waals surface area contributed by atoms with Gasteiger partial charge in [0.2, 0.25) is 0 Å². The predicted molar refractivity (Wildman–Crippen MR) is 145 cm³/mol. The maximum Gasteiger partial charge on any atom is 0.319 e. The van der Waals surface area contributed by atoms with E-state index in [1.165, 1.54) is 12.8 Å². The number of piperazine rings is 1. The first-order valence-electron chi connectivity index (χ1n) is 13.5. The first-order valence-corrected chi connectivity index (χ1v) is 14.7. The van der Waals surface area contributed by atoms with Gasteiger partial charge in [0.1, 0.15) is 23.6 Å². The van der Waals surface area contributed by atoms with Crippen molar-refractivity contribution in [2.45, 2.75) is 61.0 Å². The molecule has 3 aromatic rings. The van der Waals surface area contributed by atoms with Gasteiger partial charge < -0.3 is 15.0 Å². The molecule has 9 heteroatoms. The minimum absolute atomic E-state index is 0.0753. The topological polar surface area (TPSA) is 66.4 Å². The van der Waals surface area contributed by atoms with Gasteiger partial charge >= 0.3 is 6.01 Å². The highest BCUT2D eigenvalue weighted by molar-refractivity contribution is 7.98. The van der Waals surface area contributed by atoms with Gasteiger partial charge in [-0.3, -0.25) is 9.88 Å². The monoisotopic (exact) mass is 520 g/mol. The molecule has 194 valence electrons. The van der Waals surface area contributed by atoms with Gasteiger partial charge in [-0.15, -0.1) is 11.8 Å². The van der Waals surface area contributed by atoms with E-state index in [4.69, 9.17) is 9.72 Å². The van der Waals surface area contributed by atoms with Crippen LogP contribution in [0.15, 0.2) is 35.4 Å². The molecular weight excluding hydrogens is 487 g/mol. The number of anilines is 1. The van der Waals surface area contributed by atoms with Crippen LogP contribution < -0.4 is 15.0 Å². The summed E-state index contributed by atoms with van der Waals surface area (Å²) < 4.78 is 22.6. The number of nitrogens with zero attached hydrogens (tertiary/aromatic N) is 5.